The predicted octanol–water partition coefficient (Wildman–Crippen LogP) is 4.21. The van der Waals surface area contributed by atoms with Crippen LogP contribution in [0.4, 0.5) is 22.2 Å². The minimum atomic E-state index is -0.117. The number of nitrogens with one attached hydrogen (secondary N) is 3. The standard InChI is InChI=1S/C23H34N6O/c1-5-18-8-6-7-16(2)21(18)28-23(30)25-15-17-9-11-19(12-10-17)26-22-24-14-13-20(27-22)29(3)4/h6-8,13-14,17,19H,5,9-12,15H2,1-4H3,(H,24,26,27)(H2,25,28,30). The van der Waals surface area contributed by atoms with Crippen LogP contribution < -0.4 is 20.9 Å². The Morgan fingerprint density at radius 3 is 2.63 bits per heavy atom. The average Bonchev–Trinajstić information content (AvgIpc) is 2.75. The van der Waals surface area contributed by atoms with E-state index in [9.17, 15) is 4.79 Å². The van der Waals surface area contributed by atoms with Gasteiger partial charge in [0.15, 0.2) is 0 Å². The molecule has 1 aromatic carbocycles. The molecule has 1 fully saturated rings. The molecule has 1 heterocycles. The smallest absolute Gasteiger partial charge is 0.319 e. The number of nitrogens with zero attached hydrogens (tertiary/aromatic N) is 3. The molecule has 0 radical (unpaired) electrons. The van der Waals surface area contributed by atoms with Crippen LogP contribution in [0, 0.1) is 12.8 Å². The van der Waals surface area contributed by atoms with E-state index >= 15 is 0 Å². The first-order valence-corrected chi connectivity index (χ1v) is 10.9. The molecule has 7 heteroatoms. The number of urea groups is 1. The van der Waals surface area contributed by atoms with Crippen molar-refractivity contribution in [1.82, 2.24) is 15.3 Å². The van der Waals surface area contributed by atoms with Crippen molar-refractivity contribution in [2.75, 3.05) is 36.2 Å². The van der Waals surface area contributed by atoms with Gasteiger partial charge in [0.25, 0.3) is 0 Å². The van der Waals surface area contributed by atoms with Crippen molar-refractivity contribution in [3.05, 3.63) is 41.6 Å². The van der Waals surface area contributed by atoms with Crippen molar-refractivity contribution >= 4 is 23.5 Å². The molecule has 0 atom stereocenters. The SMILES string of the molecule is CCc1cccc(C)c1NC(=O)NCC1CCC(Nc2nccc(N(C)C)n2)CC1. The molecule has 0 bridgehead atoms. The Hall–Kier alpha value is -2.83. The molecule has 1 aliphatic rings. The first-order chi connectivity index (χ1) is 14.5. The number of para-hydroxylation sites is 1. The van der Waals surface area contributed by atoms with E-state index in [2.05, 4.69) is 38.9 Å². The second-order valence-electron chi connectivity index (χ2n) is 8.29. The Labute approximate surface area is 179 Å². The van der Waals surface area contributed by atoms with Crippen LogP contribution in [0.5, 0.6) is 0 Å². The average molecular weight is 411 g/mol. The van der Waals surface area contributed by atoms with Crippen molar-refractivity contribution in [3.63, 3.8) is 0 Å². The van der Waals surface area contributed by atoms with Crippen LogP contribution in [0.25, 0.3) is 0 Å². The minimum absolute atomic E-state index is 0.117. The van der Waals surface area contributed by atoms with E-state index in [4.69, 9.17) is 0 Å². The van der Waals surface area contributed by atoms with Gasteiger partial charge in [0.05, 0.1) is 0 Å². The molecule has 0 spiro atoms. The molecule has 2 amide bonds. The molecule has 1 aromatic heterocycles. The highest BCUT2D eigenvalue weighted by Crippen LogP contribution is 2.26. The quantitative estimate of drug-likeness (QED) is 0.637. The molecule has 0 unspecified atom stereocenters. The molecule has 1 aliphatic carbocycles. The van der Waals surface area contributed by atoms with Crippen LogP contribution in [0.1, 0.15) is 43.7 Å². The van der Waals surface area contributed by atoms with E-state index in [0.29, 0.717) is 24.5 Å². The normalized spacial score (nSPS) is 18.5. The van der Waals surface area contributed by atoms with Gasteiger partial charge in [-0.1, -0.05) is 25.1 Å². The maximum atomic E-state index is 12.4. The first kappa shape index (κ1) is 21.9. The van der Waals surface area contributed by atoms with Gasteiger partial charge in [0.1, 0.15) is 5.82 Å². The molecule has 30 heavy (non-hydrogen) atoms. The Balaban J connectivity index is 1.43. The lowest BCUT2D eigenvalue weighted by Gasteiger charge is -2.29. The summed E-state index contributed by atoms with van der Waals surface area (Å²) in [6, 6.07) is 8.29. The van der Waals surface area contributed by atoms with E-state index in [0.717, 1.165) is 54.7 Å². The lowest BCUT2D eigenvalue weighted by atomic mass is 9.86. The topological polar surface area (TPSA) is 82.2 Å². The molecule has 3 N–H and O–H groups in total. The summed E-state index contributed by atoms with van der Waals surface area (Å²) in [4.78, 5) is 23.3. The molecule has 0 saturated heterocycles. The van der Waals surface area contributed by atoms with Gasteiger partial charge in [-0.25, -0.2) is 9.78 Å². The summed E-state index contributed by atoms with van der Waals surface area (Å²) in [6.45, 7) is 4.84. The van der Waals surface area contributed by atoms with Gasteiger partial charge in [-0.2, -0.15) is 4.98 Å². The zero-order valence-electron chi connectivity index (χ0n) is 18.5. The zero-order chi connectivity index (χ0) is 21.5. The molecule has 7 nitrogen and oxygen atoms in total. The van der Waals surface area contributed by atoms with Crippen molar-refractivity contribution in [2.24, 2.45) is 5.92 Å². The van der Waals surface area contributed by atoms with Crippen LogP contribution >= 0.6 is 0 Å². The van der Waals surface area contributed by atoms with E-state index < -0.39 is 0 Å². The van der Waals surface area contributed by atoms with Crippen molar-refractivity contribution < 1.29 is 4.79 Å². The highest BCUT2D eigenvalue weighted by molar-refractivity contribution is 5.91. The summed E-state index contributed by atoms with van der Waals surface area (Å²) in [5, 5.41) is 9.57. The molecule has 162 valence electrons. The molecule has 3 rings (SSSR count). The van der Waals surface area contributed by atoms with E-state index in [1.165, 1.54) is 0 Å². The van der Waals surface area contributed by atoms with Gasteiger partial charge in [-0.3, -0.25) is 0 Å². The molecular weight excluding hydrogens is 376 g/mol. The number of rotatable bonds is 7. The van der Waals surface area contributed by atoms with Crippen LogP contribution in [0.3, 0.4) is 0 Å². The first-order valence-electron chi connectivity index (χ1n) is 10.9. The summed E-state index contributed by atoms with van der Waals surface area (Å²) < 4.78 is 0. The summed E-state index contributed by atoms with van der Waals surface area (Å²) in [7, 11) is 3.95. The maximum absolute atomic E-state index is 12.4. The fraction of sp³-hybridized carbons (Fsp3) is 0.522. The summed E-state index contributed by atoms with van der Waals surface area (Å²) >= 11 is 0. The number of amides is 2. The third kappa shape index (κ3) is 5.84. The third-order valence-corrected chi connectivity index (χ3v) is 5.81. The number of anilines is 3. The second kappa shape index (κ2) is 10.3. The van der Waals surface area contributed by atoms with E-state index in [-0.39, 0.29) is 6.03 Å². The highest BCUT2D eigenvalue weighted by atomic mass is 16.2. The fourth-order valence-corrected chi connectivity index (χ4v) is 3.96. The monoisotopic (exact) mass is 410 g/mol. The third-order valence-electron chi connectivity index (χ3n) is 5.81. The van der Waals surface area contributed by atoms with Crippen molar-refractivity contribution in [3.8, 4) is 0 Å². The zero-order valence-corrected chi connectivity index (χ0v) is 18.5. The summed E-state index contributed by atoms with van der Waals surface area (Å²) in [5.74, 6) is 2.09. The number of carbonyl (C=O) groups excluding carboxylic acids is 1. The Bertz CT molecular complexity index is 845. The van der Waals surface area contributed by atoms with Crippen molar-refractivity contribution in [2.45, 2.75) is 52.0 Å². The fourth-order valence-electron chi connectivity index (χ4n) is 3.96. The van der Waals surface area contributed by atoms with Gasteiger partial charge < -0.3 is 20.9 Å². The van der Waals surface area contributed by atoms with Crippen LogP contribution in [-0.4, -0.2) is 42.7 Å². The number of benzene rings is 1. The van der Waals surface area contributed by atoms with Gasteiger partial charge >= 0.3 is 6.03 Å². The van der Waals surface area contributed by atoms with E-state index in [1.54, 1.807) is 6.20 Å². The Kier molecular flexibility index (Phi) is 7.49. The number of aromatic nitrogens is 2. The predicted molar refractivity (Wildman–Crippen MR) is 123 cm³/mol. The number of aryl methyl sites for hydroxylation is 2. The summed E-state index contributed by atoms with van der Waals surface area (Å²) in [5.41, 5.74) is 3.19. The Morgan fingerprint density at radius 1 is 1.17 bits per heavy atom. The van der Waals surface area contributed by atoms with Gasteiger partial charge in [-0.05, 0) is 62.1 Å². The molecular formula is C23H34N6O. The van der Waals surface area contributed by atoms with E-state index in [1.807, 2.05) is 44.1 Å². The Morgan fingerprint density at radius 2 is 1.93 bits per heavy atom. The highest BCUT2D eigenvalue weighted by Gasteiger charge is 2.22. The second-order valence-corrected chi connectivity index (χ2v) is 8.29. The minimum Gasteiger partial charge on any atom is -0.363 e. The largest absolute Gasteiger partial charge is 0.363 e. The molecule has 2 aromatic rings. The molecule has 1 saturated carbocycles. The number of hydrogen-bond donors (Lipinski definition) is 3. The lowest BCUT2D eigenvalue weighted by molar-refractivity contribution is 0.246. The number of carbonyl (C=O) groups is 1. The van der Waals surface area contributed by atoms with Crippen LogP contribution in [0.2, 0.25) is 0 Å². The van der Waals surface area contributed by atoms with Crippen LogP contribution in [-0.2, 0) is 6.42 Å². The number of hydrogen-bond acceptors (Lipinski definition) is 5. The lowest BCUT2D eigenvalue weighted by Crippen LogP contribution is -2.36. The van der Waals surface area contributed by atoms with Crippen LogP contribution in [0.15, 0.2) is 30.5 Å². The van der Waals surface area contributed by atoms with Gasteiger partial charge in [0.2, 0.25) is 5.95 Å². The molecule has 0 aliphatic heterocycles. The van der Waals surface area contributed by atoms with Gasteiger partial charge in [0, 0.05) is 38.6 Å². The maximum Gasteiger partial charge on any atom is 0.319 e. The van der Waals surface area contributed by atoms with Gasteiger partial charge in [-0.15, -0.1) is 0 Å². The summed E-state index contributed by atoms with van der Waals surface area (Å²) in [6.07, 6.45) is 6.96. The van der Waals surface area contributed by atoms with Crippen molar-refractivity contribution in [1.29, 1.82) is 0 Å².